The number of hydrogen-bond acceptors (Lipinski definition) is 6. The highest BCUT2D eigenvalue weighted by molar-refractivity contribution is 7.89. The van der Waals surface area contributed by atoms with Gasteiger partial charge >= 0.3 is 0 Å². The van der Waals surface area contributed by atoms with Crippen molar-refractivity contribution in [1.29, 1.82) is 0 Å². The van der Waals surface area contributed by atoms with Crippen molar-refractivity contribution in [1.82, 2.24) is 14.9 Å². The molecule has 3 atom stereocenters. The monoisotopic (exact) mass is 429 g/mol. The fraction of sp³-hybridized carbons (Fsp3) is 0.526. The van der Waals surface area contributed by atoms with Gasteiger partial charge in [-0.3, -0.25) is 4.79 Å². The second kappa shape index (κ2) is 10.8. The lowest BCUT2D eigenvalue weighted by molar-refractivity contribution is -0.125. The maximum Gasteiger partial charge on any atom is 0.241 e. The Morgan fingerprint density at radius 2 is 1.93 bits per heavy atom. The van der Waals surface area contributed by atoms with Gasteiger partial charge in [-0.15, -0.1) is 0 Å². The van der Waals surface area contributed by atoms with Crippen molar-refractivity contribution >= 4 is 15.9 Å². The van der Waals surface area contributed by atoms with E-state index in [2.05, 4.69) is 10.0 Å². The van der Waals surface area contributed by atoms with Crippen LogP contribution in [0.5, 0.6) is 0 Å². The fourth-order valence-corrected chi connectivity index (χ4v) is 4.07. The second-order valence-corrected chi connectivity index (χ2v) is 8.81. The minimum absolute atomic E-state index is 0.0758. The van der Waals surface area contributed by atoms with Crippen LogP contribution in [0.25, 0.3) is 0 Å². The summed E-state index contributed by atoms with van der Waals surface area (Å²) < 4.78 is 46.0. The zero-order chi connectivity index (χ0) is 21.4. The maximum absolute atomic E-state index is 13.0. The molecule has 1 heterocycles. The Kier molecular flexibility index (Phi) is 8.72. The van der Waals surface area contributed by atoms with Crippen LogP contribution in [0.1, 0.15) is 12.8 Å². The Hall–Kier alpha value is -1.85. The molecule has 0 spiro atoms. The van der Waals surface area contributed by atoms with E-state index in [9.17, 15) is 22.7 Å². The normalized spacial score (nSPS) is 22.0. The Bertz CT molecular complexity index is 799. The van der Waals surface area contributed by atoms with Crippen molar-refractivity contribution in [2.24, 2.45) is 0 Å². The van der Waals surface area contributed by atoms with Crippen LogP contribution in [0.4, 0.5) is 4.39 Å². The predicted octanol–water partition coefficient (Wildman–Crippen LogP) is 0.247. The highest BCUT2D eigenvalue weighted by Gasteiger charge is 2.31. The first-order valence-electron chi connectivity index (χ1n) is 9.35. The van der Waals surface area contributed by atoms with Crippen LogP contribution in [-0.2, 0) is 19.6 Å². The van der Waals surface area contributed by atoms with Gasteiger partial charge in [0.15, 0.2) is 0 Å². The van der Waals surface area contributed by atoms with E-state index in [4.69, 9.17) is 4.74 Å². The first kappa shape index (κ1) is 23.4. The van der Waals surface area contributed by atoms with E-state index in [0.29, 0.717) is 6.54 Å². The summed E-state index contributed by atoms with van der Waals surface area (Å²) in [6, 6.07) is 3.61. The molecule has 0 saturated heterocycles. The molecule has 0 saturated carbocycles. The number of carbonyl (C=O) groups is 1. The van der Waals surface area contributed by atoms with Crippen molar-refractivity contribution in [2.45, 2.75) is 36.0 Å². The molecule has 1 amide bonds. The number of amides is 1. The molecule has 0 bridgehead atoms. The second-order valence-electron chi connectivity index (χ2n) is 7.09. The van der Waals surface area contributed by atoms with Crippen LogP contribution in [0.3, 0.4) is 0 Å². The Morgan fingerprint density at radius 1 is 1.24 bits per heavy atom. The molecule has 0 radical (unpaired) electrons. The average Bonchev–Trinajstić information content (AvgIpc) is 2.66. The summed E-state index contributed by atoms with van der Waals surface area (Å²) in [6.07, 6.45) is 2.66. The van der Waals surface area contributed by atoms with Gasteiger partial charge in [-0.25, -0.2) is 17.5 Å². The van der Waals surface area contributed by atoms with Crippen LogP contribution in [0, 0.1) is 5.82 Å². The third kappa shape index (κ3) is 7.48. The van der Waals surface area contributed by atoms with Gasteiger partial charge < -0.3 is 20.1 Å². The first-order chi connectivity index (χ1) is 13.7. The molecular formula is C19H28FN3O5S. The van der Waals surface area contributed by atoms with E-state index in [0.717, 1.165) is 37.2 Å². The van der Waals surface area contributed by atoms with Gasteiger partial charge in [0.2, 0.25) is 15.9 Å². The quantitative estimate of drug-likeness (QED) is 0.363. The van der Waals surface area contributed by atoms with Gasteiger partial charge in [0, 0.05) is 6.54 Å². The van der Waals surface area contributed by atoms with E-state index in [1.807, 2.05) is 19.0 Å². The van der Waals surface area contributed by atoms with Crippen molar-refractivity contribution in [3.63, 3.8) is 0 Å². The first-order valence-corrected chi connectivity index (χ1v) is 10.8. The number of carbonyl (C=O) groups excluding carboxylic acids is 1. The number of nitrogens with zero attached hydrogens (tertiary/aromatic N) is 1. The summed E-state index contributed by atoms with van der Waals surface area (Å²) >= 11 is 0. The number of hydrogen-bond donors (Lipinski definition) is 3. The van der Waals surface area contributed by atoms with Gasteiger partial charge in [0.05, 0.1) is 30.1 Å². The number of halogens is 1. The molecule has 2 rings (SSSR count). The van der Waals surface area contributed by atoms with Crippen LogP contribution in [0.2, 0.25) is 0 Å². The van der Waals surface area contributed by atoms with Gasteiger partial charge in [-0.2, -0.15) is 0 Å². The van der Waals surface area contributed by atoms with Crippen LogP contribution >= 0.6 is 0 Å². The number of ether oxygens (including phenoxy) is 1. The summed E-state index contributed by atoms with van der Waals surface area (Å²) in [5.74, 6) is -0.721. The van der Waals surface area contributed by atoms with Gasteiger partial charge in [-0.05, 0) is 51.3 Å². The summed E-state index contributed by atoms with van der Waals surface area (Å²) in [4.78, 5) is 14.0. The number of aliphatic hydroxyl groups is 1. The van der Waals surface area contributed by atoms with Crippen molar-refractivity contribution in [3.05, 3.63) is 42.2 Å². The van der Waals surface area contributed by atoms with E-state index < -0.39 is 40.7 Å². The third-order valence-electron chi connectivity index (χ3n) is 4.37. The summed E-state index contributed by atoms with van der Waals surface area (Å²) in [6.45, 7) is 0.988. The molecule has 0 aromatic heterocycles. The Balaban J connectivity index is 1.92. The minimum Gasteiger partial charge on any atom is -0.394 e. The van der Waals surface area contributed by atoms with E-state index >= 15 is 0 Å². The predicted molar refractivity (Wildman–Crippen MR) is 106 cm³/mol. The molecule has 29 heavy (non-hydrogen) atoms. The number of aliphatic hydroxyl groups excluding tert-OH is 1. The summed E-state index contributed by atoms with van der Waals surface area (Å²) in [7, 11) is -0.0113. The largest absolute Gasteiger partial charge is 0.394 e. The molecule has 1 aromatic carbocycles. The van der Waals surface area contributed by atoms with Crippen LogP contribution < -0.4 is 10.0 Å². The zero-order valence-corrected chi connectivity index (χ0v) is 17.4. The van der Waals surface area contributed by atoms with Gasteiger partial charge in [0.25, 0.3) is 0 Å². The van der Waals surface area contributed by atoms with Crippen molar-refractivity contribution in [3.8, 4) is 0 Å². The van der Waals surface area contributed by atoms with Crippen molar-refractivity contribution < 1.29 is 27.4 Å². The summed E-state index contributed by atoms with van der Waals surface area (Å²) in [5.41, 5.74) is 0. The highest BCUT2D eigenvalue weighted by Crippen LogP contribution is 2.18. The molecule has 8 nitrogen and oxygen atoms in total. The number of nitrogens with one attached hydrogen (secondary N) is 2. The lowest BCUT2D eigenvalue weighted by Gasteiger charge is -2.31. The third-order valence-corrected chi connectivity index (χ3v) is 5.84. The molecule has 1 aromatic rings. The Morgan fingerprint density at radius 3 is 2.55 bits per heavy atom. The zero-order valence-electron chi connectivity index (χ0n) is 16.5. The molecule has 0 fully saturated rings. The van der Waals surface area contributed by atoms with Crippen LogP contribution in [0.15, 0.2) is 41.3 Å². The fourth-order valence-electron chi connectivity index (χ4n) is 2.85. The molecular weight excluding hydrogens is 401 g/mol. The molecule has 1 aliphatic heterocycles. The van der Waals surface area contributed by atoms with Gasteiger partial charge in [0.1, 0.15) is 11.9 Å². The number of sulfonamides is 1. The standard InChI is InChI=1S/C19H28FN3O5S/c1-23(2)11-3-10-21-19(25)12-15-6-9-17(18(13-24)28-15)22-29(26,27)16-7-4-14(20)5-8-16/h4-9,15,17-18,22,24H,3,10-13H2,1-2H3,(H,21,25)/t15-,17-,18+/m0/s1. The van der Waals surface area contributed by atoms with Crippen LogP contribution in [-0.4, -0.2) is 76.4 Å². The molecule has 1 aliphatic rings. The highest BCUT2D eigenvalue weighted by atomic mass is 32.2. The molecule has 10 heteroatoms. The van der Waals surface area contributed by atoms with E-state index in [1.165, 1.54) is 0 Å². The summed E-state index contributed by atoms with van der Waals surface area (Å²) in [5, 5.41) is 12.4. The molecule has 3 N–H and O–H groups in total. The average molecular weight is 430 g/mol. The van der Waals surface area contributed by atoms with Gasteiger partial charge in [-0.1, -0.05) is 12.2 Å². The number of rotatable bonds is 10. The number of benzene rings is 1. The lowest BCUT2D eigenvalue weighted by Crippen LogP contribution is -2.49. The lowest BCUT2D eigenvalue weighted by atomic mass is 10.1. The topological polar surface area (TPSA) is 108 Å². The molecule has 0 aliphatic carbocycles. The Labute approximate surface area is 170 Å². The minimum atomic E-state index is -3.92. The maximum atomic E-state index is 13.0. The van der Waals surface area contributed by atoms with Crippen molar-refractivity contribution in [2.75, 3.05) is 33.8 Å². The van der Waals surface area contributed by atoms with E-state index in [-0.39, 0.29) is 17.2 Å². The van der Waals surface area contributed by atoms with E-state index in [1.54, 1.807) is 12.2 Å². The smallest absolute Gasteiger partial charge is 0.241 e. The SMILES string of the molecule is CN(C)CCCNC(=O)C[C@@H]1C=C[C@H](NS(=O)(=O)c2ccc(F)cc2)[C@@H](CO)O1. The molecule has 162 valence electrons. The molecule has 0 unspecified atom stereocenters.